The molecule has 88 valence electrons. The standard InChI is InChI=1S/C13H25NO/c1-10(2)11-6-7-14(8-11)9-12(15)13(3,4)5/h10-11H,6-9H2,1-5H3. The molecule has 1 atom stereocenters. The van der Waals surface area contributed by atoms with Crippen LogP contribution in [-0.4, -0.2) is 30.3 Å². The SMILES string of the molecule is CC(C)C1CCN(CC(=O)C(C)(C)C)C1. The van der Waals surface area contributed by atoms with Gasteiger partial charge in [-0.15, -0.1) is 0 Å². The number of hydrogen-bond donors (Lipinski definition) is 0. The molecule has 0 radical (unpaired) electrons. The Morgan fingerprint density at radius 3 is 2.40 bits per heavy atom. The minimum Gasteiger partial charge on any atom is -0.298 e. The van der Waals surface area contributed by atoms with E-state index in [1.165, 1.54) is 6.42 Å². The first-order valence-electron chi connectivity index (χ1n) is 6.06. The van der Waals surface area contributed by atoms with Crippen LogP contribution < -0.4 is 0 Å². The summed E-state index contributed by atoms with van der Waals surface area (Å²) in [6, 6.07) is 0. The van der Waals surface area contributed by atoms with Crippen LogP contribution in [0.2, 0.25) is 0 Å². The van der Waals surface area contributed by atoms with Gasteiger partial charge in [-0.25, -0.2) is 0 Å². The van der Waals surface area contributed by atoms with E-state index in [-0.39, 0.29) is 5.41 Å². The summed E-state index contributed by atoms with van der Waals surface area (Å²) >= 11 is 0. The van der Waals surface area contributed by atoms with Gasteiger partial charge in [-0.3, -0.25) is 9.69 Å². The van der Waals surface area contributed by atoms with Gasteiger partial charge in [0.1, 0.15) is 0 Å². The number of likely N-dealkylation sites (tertiary alicyclic amines) is 1. The molecule has 0 aromatic heterocycles. The first-order valence-corrected chi connectivity index (χ1v) is 6.06. The second-order valence-corrected chi connectivity index (χ2v) is 6.20. The van der Waals surface area contributed by atoms with Crippen molar-refractivity contribution in [1.82, 2.24) is 4.90 Å². The molecule has 0 aliphatic carbocycles. The molecule has 1 heterocycles. The van der Waals surface area contributed by atoms with Crippen molar-refractivity contribution in [2.75, 3.05) is 19.6 Å². The summed E-state index contributed by atoms with van der Waals surface area (Å²) in [5.41, 5.74) is -0.185. The van der Waals surface area contributed by atoms with Crippen molar-refractivity contribution >= 4 is 5.78 Å². The van der Waals surface area contributed by atoms with Crippen LogP contribution in [0.15, 0.2) is 0 Å². The molecule has 1 saturated heterocycles. The van der Waals surface area contributed by atoms with Gasteiger partial charge >= 0.3 is 0 Å². The van der Waals surface area contributed by atoms with Crippen molar-refractivity contribution in [3.8, 4) is 0 Å². The molecular weight excluding hydrogens is 186 g/mol. The summed E-state index contributed by atoms with van der Waals surface area (Å²) in [7, 11) is 0. The summed E-state index contributed by atoms with van der Waals surface area (Å²) in [4.78, 5) is 14.2. The molecule has 2 nitrogen and oxygen atoms in total. The van der Waals surface area contributed by atoms with Crippen molar-refractivity contribution in [3.63, 3.8) is 0 Å². The van der Waals surface area contributed by atoms with E-state index in [0.29, 0.717) is 12.3 Å². The van der Waals surface area contributed by atoms with Gasteiger partial charge < -0.3 is 0 Å². The number of ketones is 1. The molecule has 15 heavy (non-hydrogen) atoms. The number of carbonyl (C=O) groups is 1. The minimum atomic E-state index is -0.185. The lowest BCUT2D eigenvalue weighted by Gasteiger charge is -2.22. The Hall–Kier alpha value is -0.370. The molecule has 0 spiro atoms. The van der Waals surface area contributed by atoms with E-state index >= 15 is 0 Å². The Labute approximate surface area is 94.0 Å². The van der Waals surface area contributed by atoms with Crippen molar-refractivity contribution < 1.29 is 4.79 Å². The van der Waals surface area contributed by atoms with E-state index in [4.69, 9.17) is 0 Å². The molecule has 1 rings (SSSR count). The van der Waals surface area contributed by atoms with Crippen LogP contribution in [0.4, 0.5) is 0 Å². The molecule has 1 fully saturated rings. The molecular formula is C13H25NO. The number of Topliss-reactive ketones (excluding diaryl/α,β-unsaturated/α-hetero) is 1. The summed E-state index contributed by atoms with van der Waals surface area (Å²) in [6.07, 6.45) is 1.26. The Balaban J connectivity index is 2.40. The highest BCUT2D eigenvalue weighted by Gasteiger charge is 2.29. The van der Waals surface area contributed by atoms with Crippen LogP contribution in [0.3, 0.4) is 0 Å². The maximum Gasteiger partial charge on any atom is 0.152 e. The Bertz CT molecular complexity index is 227. The molecule has 1 aliphatic heterocycles. The fraction of sp³-hybridized carbons (Fsp3) is 0.923. The topological polar surface area (TPSA) is 20.3 Å². The highest BCUT2D eigenvalue weighted by molar-refractivity contribution is 5.85. The Morgan fingerprint density at radius 2 is 2.00 bits per heavy atom. The summed E-state index contributed by atoms with van der Waals surface area (Å²) < 4.78 is 0. The lowest BCUT2D eigenvalue weighted by Crippen LogP contribution is -2.34. The number of nitrogens with zero attached hydrogens (tertiary/aromatic N) is 1. The third kappa shape index (κ3) is 3.60. The summed E-state index contributed by atoms with van der Waals surface area (Å²) in [5, 5.41) is 0. The predicted octanol–water partition coefficient (Wildman–Crippen LogP) is 2.58. The largest absolute Gasteiger partial charge is 0.298 e. The first-order chi connectivity index (χ1) is 6.80. The monoisotopic (exact) mass is 211 g/mol. The van der Waals surface area contributed by atoms with Gasteiger partial charge in [0.2, 0.25) is 0 Å². The van der Waals surface area contributed by atoms with Crippen molar-refractivity contribution in [2.24, 2.45) is 17.3 Å². The average Bonchev–Trinajstić information content (AvgIpc) is 2.50. The van der Waals surface area contributed by atoms with Crippen LogP contribution in [0.1, 0.15) is 41.0 Å². The van der Waals surface area contributed by atoms with E-state index in [1.807, 2.05) is 20.8 Å². The normalized spacial score (nSPS) is 23.7. The van der Waals surface area contributed by atoms with E-state index in [1.54, 1.807) is 0 Å². The van der Waals surface area contributed by atoms with Gasteiger partial charge in [-0.2, -0.15) is 0 Å². The fourth-order valence-corrected chi connectivity index (χ4v) is 1.99. The second kappa shape index (κ2) is 4.65. The number of hydrogen-bond acceptors (Lipinski definition) is 2. The van der Waals surface area contributed by atoms with Crippen LogP contribution >= 0.6 is 0 Å². The average molecular weight is 211 g/mol. The van der Waals surface area contributed by atoms with Crippen LogP contribution in [-0.2, 0) is 4.79 Å². The fourth-order valence-electron chi connectivity index (χ4n) is 1.99. The third-order valence-corrected chi connectivity index (χ3v) is 3.46. The van der Waals surface area contributed by atoms with Gasteiger partial charge in [-0.1, -0.05) is 34.6 Å². The van der Waals surface area contributed by atoms with Gasteiger partial charge in [0.15, 0.2) is 5.78 Å². The van der Waals surface area contributed by atoms with Crippen molar-refractivity contribution in [1.29, 1.82) is 0 Å². The molecule has 2 heteroatoms. The smallest absolute Gasteiger partial charge is 0.152 e. The molecule has 0 bridgehead atoms. The third-order valence-electron chi connectivity index (χ3n) is 3.46. The quantitative estimate of drug-likeness (QED) is 0.715. The van der Waals surface area contributed by atoms with Crippen molar-refractivity contribution in [3.05, 3.63) is 0 Å². The molecule has 0 N–H and O–H groups in total. The lowest BCUT2D eigenvalue weighted by atomic mass is 9.90. The molecule has 0 amide bonds. The zero-order valence-electron chi connectivity index (χ0n) is 10.8. The predicted molar refractivity (Wildman–Crippen MR) is 63.8 cm³/mol. The Kier molecular flexibility index (Phi) is 3.93. The van der Waals surface area contributed by atoms with Gasteiger partial charge in [0, 0.05) is 12.0 Å². The van der Waals surface area contributed by atoms with E-state index < -0.39 is 0 Å². The van der Waals surface area contributed by atoms with Gasteiger partial charge in [0.25, 0.3) is 0 Å². The van der Waals surface area contributed by atoms with Crippen LogP contribution in [0, 0.1) is 17.3 Å². The first kappa shape index (κ1) is 12.7. The molecule has 1 unspecified atom stereocenters. The van der Waals surface area contributed by atoms with Gasteiger partial charge in [-0.05, 0) is 24.8 Å². The maximum absolute atomic E-state index is 11.9. The summed E-state index contributed by atoms with van der Waals surface area (Å²) in [6.45, 7) is 13.4. The maximum atomic E-state index is 11.9. The zero-order valence-corrected chi connectivity index (χ0v) is 10.8. The number of rotatable bonds is 3. The van der Waals surface area contributed by atoms with E-state index in [9.17, 15) is 4.79 Å². The lowest BCUT2D eigenvalue weighted by molar-refractivity contribution is -0.127. The zero-order chi connectivity index (χ0) is 11.6. The van der Waals surface area contributed by atoms with Crippen LogP contribution in [0.5, 0.6) is 0 Å². The highest BCUT2D eigenvalue weighted by Crippen LogP contribution is 2.24. The molecule has 0 saturated carbocycles. The second-order valence-electron chi connectivity index (χ2n) is 6.20. The molecule has 1 aliphatic rings. The van der Waals surface area contributed by atoms with E-state index in [0.717, 1.165) is 24.9 Å². The van der Waals surface area contributed by atoms with E-state index in [2.05, 4.69) is 18.7 Å². The Morgan fingerprint density at radius 1 is 1.40 bits per heavy atom. The van der Waals surface area contributed by atoms with Crippen LogP contribution in [0.25, 0.3) is 0 Å². The molecule has 0 aromatic rings. The van der Waals surface area contributed by atoms with Gasteiger partial charge in [0.05, 0.1) is 6.54 Å². The van der Waals surface area contributed by atoms with Crippen molar-refractivity contribution in [2.45, 2.75) is 41.0 Å². The minimum absolute atomic E-state index is 0.185. The highest BCUT2D eigenvalue weighted by atomic mass is 16.1. The number of carbonyl (C=O) groups excluding carboxylic acids is 1. The summed E-state index contributed by atoms with van der Waals surface area (Å²) in [5.74, 6) is 1.91. The molecule has 0 aromatic carbocycles.